The predicted octanol–water partition coefficient (Wildman–Crippen LogP) is 3.02. The van der Waals surface area contributed by atoms with Crippen LogP contribution in [0.3, 0.4) is 0 Å². The van der Waals surface area contributed by atoms with Crippen molar-refractivity contribution in [3.63, 3.8) is 0 Å². The maximum absolute atomic E-state index is 4.37. The van der Waals surface area contributed by atoms with Crippen molar-refractivity contribution >= 4 is 11.3 Å². The molecule has 2 N–H and O–H groups in total. The van der Waals surface area contributed by atoms with E-state index in [0.717, 1.165) is 28.5 Å². The number of nitrogens with one attached hydrogen (secondary N) is 2. The standard InChI is InChI=1S/C15H17N5S/c1-2-8-16-13(11-6-4-3-5-7-11)15-20-19-14(21-15)12-9-17-18-10-12/h3-7,9-10,13,16H,2,8H2,1H3,(H,17,18). The number of aromatic nitrogens is 4. The molecule has 5 nitrogen and oxygen atoms in total. The molecule has 0 fully saturated rings. The molecule has 3 rings (SSSR count). The van der Waals surface area contributed by atoms with Gasteiger partial charge in [-0.25, -0.2) is 0 Å². The number of hydrogen-bond acceptors (Lipinski definition) is 5. The summed E-state index contributed by atoms with van der Waals surface area (Å²) in [7, 11) is 0. The smallest absolute Gasteiger partial charge is 0.151 e. The van der Waals surface area contributed by atoms with Gasteiger partial charge in [0.15, 0.2) is 5.01 Å². The molecular weight excluding hydrogens is 282 g/mol. The molecule has 1 aromatic carbocycles. The minimum absolute atomic E-state index is 0.0873. The van der Waals surface area contributed by atoms with E-state index < -0.39 is 0 Å². The molecule has 1 unspecified atom stereocenters. The Morgan fingerprint density at radius 1 is 1.24 bits per heavy atom. The van der Waals surface area contributed by atoms with E-state index in [1.165, 1.54) is 5.56 Å². The molecule has 108 valence electrons. The average molecular weight is 299 g/mol. The van der Waals surface area contributed by atoms with Crippen molar-refractivity contribution in [3.05, 3.63) is 53.3 Å². The van der Waals surface area contributed by atoms with Gasteiger partial charge in [0.1, 0.15) is 5.01 Å². The van der Waals surface area contributed by atoms with Crippen LogP contribution in [-0.4, -0.2) is 26.9 Å². The zero-order chi connectivity index (χ0) is 14.5. The van der Waals surface area contributed by atoms with Crippen LogP contribution < -0.4 is 5.32 Å². The highest BCUT2D eigenvalue weighted by molar-refractivity contribution is 7.14. The molecule has 0 aliphatic carbocycles. The summed E-state index contributed by atoms with van der Waals surface area (Å²) in [5.74, 6) is 0. The fourth-order valence-electron chi connectivity index (χ4n) is 2.12. The van der Waals surface area contributed by atoms with E-state index in [0.29, 0.717) is 0 Å². The summed E-state index contributed by atoms with van der Waals surface area (Å²) in [6, 6.07) is 10.4. The Bertz CT molecular complexity index is 662. The summed E-state index contributed by atoms with van der Waals surface area (Å²) in [4.78, 5) is 0. The van der Waals surface area contributed by atoms with Crippen LogP contribution in [0.5, 0.6) is 0 Å². The van der Waals surface area contributed by atoms with Crippen molar-refractivity contribution < 1.29 is 0 Å². The lowest BCUT2D eigenvalue weighted by Gasteiger charge is -2.15. The molecule has 0 aliphatic heterocycles. The number of H-pyrrole nitrogens is 1. The molecule has 2 heterocycles. The fraction of sp³-hybridized carbons (Fsp3) is 0.267. The van der Waals surface area contributed by atoms with Gasteiger partial charge in [-0.05, 0) is 18.5 Å². The van der Waals surface area contributed by atoms with Crippen molar-refractivity contribution in [2.45, 2.75) is 19.4 Å². The Labute approximate surface area is 127 Å². The monoisotopic (exact) mass is 299 g/mol. The second-order valence-electron chi connectivity index (χ2n) is 4.73. The number of rotatable bonds is 6. The SMILES string of the molecule is CCCNC(c1ccccc1)c1nnc(-c2cn[nH]c2)s1. The van der Waals surface area contributed by atoms with E-state index in [4.69, 9.17) is 0 Å². The molecule has 0 aliphatic rings. The van der Waals surface area contributed by atoms with E-state index in [9.17, 15) is 0 Å². The van der Waals surface area contributed by atoms with Crippen molar-refractivity contribution in [2.75, 3.05) is 6.54 Å². The van der Waals surface area contributed by atoms with Crippen LogP contribution in [0.25, 0.3) is 10.6 Å². The van der Waals surface area contributed by atoms with E-state index >= 15 is 0 Å². The second-order valence-corrected chi connectivity index (χ2v) is 5.74. The lowest BCUT2D eigenvalue weighted by atomic mass is 10.1. The lowest BCUT2D eigenvalue weighted by molar-refractivity contribution is 0.592. The third kappa shape index (κ3) is 3.17. The molecule has 21 heavy (non-hydrogen) atoms. The van der Waals surface area contributed by atoms with E-state index in [1.54, 1.807) is 17.5 Å². The van der Waals surface area contributed by atoms with Gasteiger partial charge in [0.25, 0.3) is 0 Å². The summed E-state index contributed by atoms with van der Waals surface area (Å²) in [5.41, 5.74) is 2.18. The Kier molecular flexibility index (Phi) is 4.37. The maximum atomic E-state index is 4.37. The van der Waals surface area contributed by atoms with Crippen LogP contribution in [0.15, 0.2) is 42.7 Å². The molecule has 1 atom stereocenters. The third-order valence-corrected chi connectivity index (χ3v) is 4.20. The van der Waals surface area contributed by atoms with Gasteiger partial charge in [0.2, 0.25) is 0 Å². The van der Waals surface area contributed by atoms with Gasteiger partial charge in [0.05, 0.1) is 17.8 Å². The van der Waals surface area contributed by atoms with Gasteiger partial charge < -0.3 is 5.32 Å². The first-order chi connectivity index (χ1) is 10.4. The molecule has 3 aromatic rings. The van der Waals surface area contributed by atoms with Gasteiger partial charge in [-0.15, -0.1) is 10.2 Å². The van der Waals surface area contributed by atoms with Gasteiger partial charge in [-0.3, -0.25) is 5.10 Å². The highest BCUT2D eigenvalue weighted by Crippen LogP contribution is 2.29. The Hall–Kier alpha value is -2.05. The van der Waals surface area contributed by atoms with Crippen LogP contribution in [0.1, 0.15) is 30.0 Å². The molecule has 6 heteroatoms. The minimum Gasteiger partial charge on any atom is -0.304 e. The Balaban J connectivity index is 1.90. The third-order valence-electron chi connectivity index (χ3n) is 3.16. The molecule has 2 aromatic heterocycles. The topological polar surface area (TPSA) is 66.5 Å². The molecule has 0 saturated heterocycles. The van der Waals surface area contributed by atoms with Crippen LogP contribution >= 0.6 is 11.3 Å². The normalized spacial score (nSPS) is 12.4. The molecule has 0 spiro atoms. The molecule has 0 radical (unpaired) electrons. The fourth-order valence-corrected chi connectivity index (χ4v) is 3.05. The zero-order valence-electron chi connectivity index (χ0n) is 11.8. The van der Waals surface area contributed by atoms with Gasteiger partial charge in [-0.1, -0.05) is 48.6 Å². The van der Waals surface area contributed by atoms with Crippen LogP contribution in [0.4, 0.5) is 0 Å². The molecule has 0 saturated carbocycles. The molecule has 0 amide bonds. The summed E-state index contributed by atoms with van der Waals surface area (Å²) in [5, 5.41) is 20.8. The van der Waals surface area contributed by atoms with Crippen LogP contribution in [0, 0.1) is 0 Å². The van der Waals surface area contributed by atoms with E-state index in [-0.39, 0.29) is 6.04 Å². The molecule has 0 bridgehead atoms. The Morgan fingerprint density at radius 2 is 2.10 bits per heavy atom. The van der Waals surface area contributed by atoms with Gasteiger partial charge in [-0.2, -0.15) is 5.10 Å². The van der Waals surface area contributed by atoms with Crippen molar-refractivity contribution in [1.29, 1.82) is 0 Å². The zero-order valence-corrected chi connectivity index (χ0v) is 12.6. The van der Waals surface area contributed by atoms with Crippen molar-refractivity contribution in [1.82, 2.24) is 25.7 Å². The van der Waals surface area contributed by atoms with Crippen molar-refractivity contribution in [2.24, 2.45) is 0 Å². The van der Waals surface area contributed by atoms with Crippen LogP contribution in [0.2, 0.25) is 0 Å². The largest absolute Gasteiger partial charge is 0.304 e. The highest BCUT2D eigenvalue weighted by Gasteiger charge is 2.18. The minimum atomic E-state index is 0.0873. The summed E-state index contributed by atoms with van der Waals surface area (Å²) in [6.45, 7) is 3.10. The number of hydrogen-bond donors (Lipinski definition) is 2. The lowest BCUT2D eigenvalue weighted by Crippen LogP contribution is -2.23. The quantitative estimate of drug-likeness (QED) is 0.734. The van der Waals surface area contributed by atoms with E-state index in [1.807, 2.05) is 24.4 Å². The first-order valence-corrected chi connectivity index (χ1v) is 7.81. The molecular formula is C15H17N5S. The van der Waals surface area contributed by atoms with Crippen LogP contribution in [-0.2, 0) is 0 Å². The highest BCUT2D eigenvalue weighted by atomic mass is 32.1. The number of aromatic amines is 1. The summed E-state index contributed by atoms with van der Waals surface area (Å²) < 4.78 is 0. The summed E-state index contributed by atoms with van der Waals surface area (Å²) >= 11 is 1.60. The van der Waals surface area contributed by atoms with Gasteiger partial charge in [0, 0.05) is 6.20 Å². The Morgan fingerprint density at radius 3 is 2.81 bits per heavy atom. The number of benzene rings is 1. The number of nitrogens with zero attached hydrogens (tertiary/aromatic N) is 3. The first-order valence-electron chi connectivity index (χ1n) is 6.99. The second kappa shape index (κ2) is 6.60. The predicted molar refractivity (Wildman–Crippen MR) is 84.1 cm³/mol. The average Bonchev–Trinajstić information content (AvgIpc) is 3.20. The van der Waals surface area contributed by atoms with Crippen molar-refractivity contribution in [3.8, 4) is 10.6 Å². The first kappa shape index (κ1) is 13.9. The van der Waals surface area contributed by atoms with Gasteiger partial charge >= 0.3 is 0 Å². The maximum Gasteiger partial charge on any atom is 0.151 e. The summed E-state index contributed by atoms with van der Waals surface area (Å²) in [6.07, 6.45) is 4.68. The van der Waals surface area contributed by atoms with E-state index in [2.05, 4.69) is 44.8 Å².